The maximum absolute atomic E-state index is 12.1. The highest BCUT2D eigenvalue weighted by molar-refractivity contribution is 5.93. The molecule has 1 saturated carbocycles. The number of esters is 1. The van der Waals surface area contributed by atoms with Gasteiger partial charge in [0.1, 0.15) is 5.69 Å². The van der Waals surface area contributed by atoms with E-state index in [1.807, 2.05) is 0 Å². The zero-order chi connectivity index (χ0) is 17.1. The van der Waals surface area contributed by atoms with Gasteiger partial charge in [0.05, 0.1) is 10.5 Å². The minimum Gasteiger partial charge on any atom is -0.449 e. The largest absolute Gasteiger partial charge is 0.449 e. The minimum atomic E-state index is -0.958. The summed E-state index contributed by atoms with van der Waals surface area (Å²) < 4.78 is 5.05. The molecule has 1 atom stereocenters. The molecule has 0 aliphatic heterocycles. The Kier molecular flexibility index (Phi) is 4.83. The summed E-state index contributed by atoms with van der Waals surface area (Å²) in [6.07, 6.45) is 0.997. The summed E-state index contributed by atoms with van der Waals surface area (Å²) in [5, 5.41) is 14.2. The summed E-state index contributed by atoms with van der Waals surface area (Å²) in [6.45, 7) is 1.46. The Balaban J connectivity index is 2.15. The third-order valence-electron chi connectivity index (χ3n) is 3.44. The van der Waals surface area contributed by atoms with E-state index in [4.69, 9.17) is 4.74 Å². The van der Waals surface area contributed by atoms with Crippen molar-refractivity contribution in [2.75, 3.05) is 19.4 Å². The van der Waals surface area contributed by atoms with Crippen LogP contribution in [0.4, 0.5) is 11.4 Å². The quantitative estimate of drug-likeness (QED) is 0.487. The van der Waals surface area contributed by atoms with Gasteiger partial charge in [-0.1, -0.05) is 0 Å². The molecule has 1 aliphatic rings. The normalized spacial score (nSPS) is 14.7. The SMILES string of the molecule is C[C@H](OC(=O)c1ccc(NC2CC2)c([N+](=O)[O-])c1)C(=O)N(C)C. The van der Waals surface area contributed by atoms with Crippen molar-refractivity contribution in [2.24, 2.45) is 0 Å². The molecule has 0 heterocycles. The van der Waals surface area contributed by atoms with Crippen LogP contribution in [0, 0.1) is 10.1 Å². The molecule has 1 aliphatic carbocycles. The fourth-order valence-corrected chi connectivity index (χ4v) is 2.02. The van der Waals surface area contributed by atoms with Crippen molar-refractivity contribution in [3.05, 3.63) is 33.9 Å². The summed E-state index contributed by atoms with van der Waals surface area (Å²) in [6, 6.07) is 4.36. The van der Waals surface area contributed by atoms with E-state index in [-0.39, 0.29) is 23.2 Å². The van der Waals surface area contributed by atoms with Gasteiger partial charge in [-0.2, -0.15) is 0 Å². The molecule has 8 heteroatoms. The second-order valence-electron chi connectivity index (χ2n) is 5.69. The first-order valence-electron chi connectivity index (χ1n) is 7.26. The van der Waals surface area contributed by atoms with Gasteiger partial charge < -0.3 is 15.0 Å². The lowest BCUT2D eigenvalue weighted by molar-refractivity contribution is -0.384. The van der Waals surface area contributed by atoms with E-state index in [0.29, 0.717) is 5.69 Å². The van der Waals surface area contributed by atoms with Crippen LogP contribution in [0.1, 0.15) is 30.1 Å². The number of nitrogens with zero attached hydrogens (tertiary/aromatic N) is 2. The molecule has 1 amide bonds. The Morgan fingerprint density at radius 2 is 2.04 bits per heavy atom. The van der Waals surface area contributed by atoms with Crippen molar-refractivity contribution < 1.29 is 19.2 Å². The zero-order valence-corrected chi connectivity index (χ0v) is 13.2. The standard InChI is InChI=1S/C15H19N3O5/c1-9(14(19)17(2)3)23-15(20)10-4-7-12(16-11-5-6-11)13(8-10)18(21)22/h4,7-9,11,16H,5-6H2,1-3H3/t9-/m0/s1. The van der Waals surface area contributed by atoms with Crippen molar-refractivity contribution in [2.45, 2.75) is 31.9 Å². The van der Waals surface area contributed by atoms with Gasteiger partial charge in [0, 0.05) is 26.2 Å². The van der Waals surface area contributed by atoms with Crippen LogP contribution < -0.4 is 5.32 Å². The summed E-state index contributed by atoms with van der Waals surface area (Å²) in [5.74, 6) is -1.13. The Morgan fingerprint density at radius 3 is 2.57 bits per heavy atom. The lowest BCUT2D eigenvalue weighted by Crippen LogP contribution is -2.34. The number of carbonyl (C=O) groups excluding carboxylic acids is 2. The van der Waals surface area contributed by atoms with Gasteiger partial charge in [0.2, 0.25) is 0 Å². The van der Waals surface area contributed by atoms with Gasteiger partial charge >= 0.3 is 5.97 Å². The Labute approximate surface area is 133 Å². The van der Waals surface area contributed by atoms with Crippen LogP contribution in [0.5, 0.6) is 0 Å². The average molecular weight is 321 g/mol. The van der Waals surface area contributed by atoms with Gasteiger partial charge in [0.25, 0.3) is 11.6 Å². The fourth-order valence-electron chi connectivity index (χ4n) is 2.02. The summed E-state index contributed by atoms with van der Waals surface area (Å²) in [7, 11) is 3.10. The van der Waals surface area contributed by atoms with Gasteiger partial charge in [-0.15, -0.1) is 0 Å². The number of nitrogens with one attached hydrogen (secondary N) is 1. The third-order valence-corrected chi connectivity index (χ3v) is 3.44. The molecule has 0 saturated heterocycles. The van der Waals surface area contributed by atoms with Crippen molar-refractivity contribution in [1.82, 2.24) is 4.90 Å². The molecule has 0 spiro atoms. The topological polar surface area (TPSA) is 102 Å². The summed E-state index contributed by atoms with van der Waals surface area (Å²) in [4.78, 5) is 35.7. The number of rotatable bonds is 6. The highest BCUT2D eigenvalue weighted by atomic mass is 16.6. The molecular formula is C15H19N3O5. The second kappa shape index (κ2) is 6.64. The van der Waals surface area contributed by atoms with E-state index in [0.717, 1.165) is 12.8 Å². The maximum Gasteiger partial charge on any atom is 0.339 e. The monoisotopic (exact) mass is 321 g/mol. The fraction of sp³-hybridized carbons (Fsp3) is 0.467. The molecule has 8 nitrogen and oxygen atoms in total. The predicted octanol–water partition coefficient (Wildman–Crippen LogP) is 1.80. The molecule has 1 N–H and O–H groups in total. The first-order valence-corrected chi connectivity index (χ1v) is 7.26. The summed E-state index contributed by atoms with van der Waals surface area (Å²) in [5.41, 5.74) is 0.237. The Hall–Kier alpha value is -2.64. The first-order chi connectivity index (χ1) is 10.8. The number of nitro benzene ring substituents is 1. The number of nitro groups is 1. The van der Waals surface area contributed by atoms with Crippen LogP contribution in [0.3, 0.4) is 0 Å². The van der Waals surface area contributed by atoms with Gasteiger partial charge in [-0.25, -0.2) is 4.79 Å². The van der Waals surface area contributed by atoms with Gasteiger partial charge in [0.15, 0.2) is 6.10 Å². The van der Waals surface area contributed by atoms with E-state index in [1.165, 1.54) is 30.0 Å². The van der Waals surface area contributed by atoms with Crippen molar-refractivity contribution in [3.8, 4) is 0 Å². The van der Waals surface area contributed by atoms with E-state index >= 15 is 0 Å². The molecule has 2 rings (SSSR count). The smallest absolute Gasteiger partial charge is 0.339 e. The molecule has 1 fully saturated rings. The molecule has 124 valence electrons. The Bertz CT molecular complexity index is 640. The number of amides is 1. The highest BCUT2D eigenvalue weighted by Crippen LogP contribution is 2.31. The van der Waals surface area contributed by atoms with Crippen molar-refractivity contribution in [3.63, 3.8) is 0 Å². The van der Waals surface area contributed by atoms with Crippen LogP contribution in [0.2, 0.25) is 0 Å². The number of ether oxygens (including phenoxy) is 1. The first kappa shape index (κ1) is 16.7. The highest BCUT2D eigenvalue weighted by Gasteiger charge is 2.26. The van der Waals surface area contributed by atoms with E-state index in [2.05, 4.69) is 5.32 Å². The third kappa shape index (κ3) is 4.18. The number of hydrogen-bond acceptors (Lipinski definition) is 6. The number of hydrogen-bond donors (Lipinski definition) is 1. The average Bonchev–Trinajstić information content (AvgIpc) is 3.30. The molecule has 0 radical (unpaired) electrons. The molecule has 23 heavy (non-hydrogen) atoms. The predicted molar refractivity (Wildman–Crippen MR) is 83.3 cm³/mol. The molecular weight excluding hydrogens is 302 g/mol. The number of carbonyl (C=O) groups is 2. The molecule has 0 aromatic heterocycles. The lowest BCUT2D eigenvalue weighted by atomic mass is 10.1. The van der Waals surface area contributed by atoms with E-state index in [9.17, 15) is 19.7 Å². The van der Waals surface area contributed by atoms with Crippen LogP contribution >= 0.6 is 0 Å². The molecule has 0 bridgehead atoms. The van der Waals surface area contributed by atoms with Crippen LogP contribution in [0.25, 0.3) is 0 Å². The zero-order valence-electron chi connectivity index (χ0n) is 13.2. The van der Waals surface area contributed by atoms with Crippen LogP contribution in [-0.4, -0.2) is 47.9 Å². The number of likely N-dealkylation sites (N-methyl/N-ethyl adjacent to an activating group) is 1. The lowest BCUT2D eigenvalue weighted by Gasteiger charge is -2.17. The second-order valence-corrected chi connectivity index (χ2v) is 5.69. The minimum absolute atomic E-state index is 0.0384. The van der Waals surface area contributed by atoms with Crippen molar-refractivity contribution >= 4 is 23.3 Å². The molecule has 1 aromatic carbocycles. The summed E-state index contributed by atoms with van der Waals surface area (Å²) >= 11 is 0. The maximum atomic E-state index is 12.1. The number of anilines is 1. The molecule has 1 aromatic rings. The molecule has 0 unspecified atom stereocenters. The van der Waals surface area contributed by atoms with Crippen LogP contribution in [-0.2, 0) is 9.53 Å². The van der Waals surface area contributed by atoms with Crippen molar-refractivity contribution in [1.29, 1.82) is 0 Å². The van der Waals surface area contributed by atoms with Gasteiger partial charge in [-0.05, 0) is 31.9 Å². The Morgan fingerprint density at radius 1 is 1.39 bits per heavy atom. The van der Waals surface area contributed by atoms with E-state index in [1.54, 1.807) is 14.1 Å². The van der Waals surface area contributed by atoms with Gasteiger partial charge in [-0.3, -0.25) is 14.9 Å². The van der Waals surface area contributed by atoms with E-state index < -0.39 is 17.0 Å². The number of benzene rings is 1. The van der Waals surface area contributed by atoms with Crippen LogP contribution in [0.15, 0.2) is 18.2 Å².